The molecule has 1 aliphatic rings. The Morgan fingerprint density at radius 1 is 1.62 bits per heavy atom. The first kappa shape index (κ1) is 16.0. The minimum Gasteiger partial charge on any atom is -0.371 e. The van der Waals surface area contributed by atoms with Crippen molar-refractivity contribution in [2.24, 2.45) is 7.05 Å². The molecule has 2 heterocycles. The van der Waals surface area contributed by atoms with E-state index in [1.54, 1.807) is 4.68 Å². The second kappa shape index (κ2) is 7.04. The predicted octanol–water partition coefficient (Wildman–Crippen LogP) is 1.10. The van der Waals surface area contributed by atoms with E-state index in [2.05, 4.69) is 24.3 Å². The molecule has 0 saturated carbocycles. The van der Waals surface area contributed by atoms with Crippen LogP contribution in [0.25, 0.3) is 0 Å². The molecule has 1 saturated heterocycles. The highest BCUT2D eigenvalue weighted by Gasteiger charge is 2.29. The highest BCUT2D eigenvalue weighted by atomic mass is 16.5. The second-order valence-electron chi connectivity index (χ2n) is 6.06. The molecule has 2 atom stereocenters. The molecule has 0 bridgehead atoms. The summed E-state index contributed by atoms with van der Waals surface area (Å²) in [6.07, 6.45) is 5.59. The van der Waals surface area contributed by atoms with Crippen molar-refractivity contribution in [2.75, 3.05) is 20.2 Å². The van der Waals surface area contributed by atoms with E-state index < -0.39 is 0 Å². The van der Waals surface area contributed by atoms with Crippen molar-refractivity contribution in [3.05, 3.63) is 18.0 Å². The van der Waals surface area contributed by atoms with E-state index in [9.17, 15) is 4.79 Å². The summed E-state index contributed by atoms with van der Waals surface area (Å²) in [7, 11) is 3.84. The van der Waals surface area contributed by atoms with Crippen molar-refractivity contribution in [3.63, 3.8) is 0 Å². The van der Waals surface area contributed by atoms with Gasteiger partial charge in [-0.15, -0.1) is 0 Å². The standard InChI is InChI=1S/C15H26N4O2/c1-11(2)18(3)10-14(20)17-13-6-5-7-21-15(13)12-8-16-19(4)9-12/h8-9,11,13,15H,5-7,10H2,1-4H3,(H,17,20)/t13-,15+/m0/s1. The molecule has 0 aliphatic carbocycles. The average molecular weight is 294 g/mol. The van der Waals surface area contributed by atoms with Crippen LogP contribution in [0.4, 0.5) is 0 Å². The number of hydrogen-bond donors (Lipinski definition) is 1. The quantitative estimate of drug-likeness (QED) is 0.883. The van der Waals surface area contributed by atoms with Gasteiger partial charge in [-0.1, -0.05) is 0 Å². The molecule has 1 fully saturated rings. The fourth-order valence-electron chi connectivity index (χ4n) is 2.51. The van der Waals surface area contributed by atoms with Gasteiger partial charge in [-0.05, 0) is 33.7 Å². The molecule has 1 N–H and O–H groups in total. The van der Waals surface area contributed by atoms with E-state index in [0.29, 0.717) is 12.6 Å². The highest BCUT2D eigenvalue weighted by Crippen LogP contribution is 2.28. The maximum atomic E-state index is 12.2. The van der Waals surface area contributed by atoms with E-state index in [1.165, 1.54) is 0 Å². The third-order valence-corrected chi connectivity index (χ3v) is 4.00. The van der Waals surface area contributed by atoms with Gasteiger partial charge in [0.2, 0.25) is 5.91 Å². The zero-order chi connectivity index (χ0) is 15.4. The Labute approximate surface area is 126 Å². The molecule has 0 unspecified atom stereocenters. The number of amides is 1. The topological polar surface area (TPSA) is 59.4 Å². The summed E-state index contributed by atoms with van der Waals surface area (Å²) in [6.45, 7) is 5.30. The predicted molar refractivity (Wildman–Crippen MR) is 80.8 cm³/mol. The molecule has 1 aliphatic heterocycles. The minimum atomic E-state index is -0.0965. The van der Waals surface area contributed by atoms with Crippen LogP contribution in [0.15, 0.2) is 12.4 Å². The molecular weight excluding hydrogens is 268 g/mol. The molecule has 1 amide bonds. The van der Waals surface area contributed by atoms with Crippen LogP contribution >= 0.6 is 0 Å². The molecule has 0 radical (unpaired) electrons. The first-order valence-electron chi connectivity index (χ1n) is 7.57. The Morgan fingerprint density at radius 2 is 2.38 bits per heavy atom. The van der Waals surface area contributed by atoms with Crippen molar-refractivity contribution in [2.45, 2.75) is 44.9 Å². The number of aromatic nitrogens is 2. The third kappa shape index (κ3) is 4.28. The van der Waals surface area contributed by atoms with Crippen LogP contribution in [0, 0.1) is 0 Å². The van der Waals surface area contributed by atoms with Crippen molar-refractivity contribution in [1.82, 2.24) is 20.0 Å². The molecule has 1 aromatic heterocycles. The maximum Gasteiger partial charge on any atom is 0.234 e. The monoisotopic (exact) mass is 294 g/mol. The van der Waals surface area contributed by atoms with Gasteiger partial charge in [0.05, 0.1) is 18.8 Å². The molecule has 0 aromatic carbocycles. The maximum absolute atomic E-state index is 12.2. The summed E-state index contributed by atoms with van der Waals surface area (Å²) < 4.78 is 7.62. The summed E-state index contributed by atoms with van der Waals surface area (Å²) >= 11 is 0. The van der Waals surface area contributed by atoms with Crippen molar-refractivity contribution in [3.8, 4) is 0 Å². The Kier molecular flexibility index (Phi) is 5.36. The van der Waals surface area contributed by atoms with Gasteiger partial charge in [0.15, 0.2) is 0 Å². The number of rotatable bonds is 5. The average Bonchev–Trinajstić information content (AvgIpc) is 2.85. The number of hydrogen-bond acceptors (Lipinski definition) is 4. The van der Waals surface area contributed by atoms with Crippen LogP contribution in [0.2, 0.25) is 0 Å². The van der Waals surface area contributed by atoms with Crippen LogP contribution in [0.1, 0.15) is 38.4 Å². The van der Waals surface area contributed by atoms with Gasteiger partial charge in [-0.3, -0.25) is 14.4 Å². The van der Waals surface area contributed by atoms with Crippen molar-refractivity contribution < 1.29 is 9.53 Å². The second-order valence-corrected chi connectivity index (χ2v) is 6.06. The van der Waals surface area contributed by atoms with Crippen LogP contribution in [-0.2, 0) is 16.6 Å². The van der Waals surface area contributed by atoms with Gasteiger partial charge >= 0.3 is 0 Å². The Bertz CT molecular complexity index is 472. The number of aryl methyl sites for hydroxylation is 1. The molecule has 118 valence electrons. The van der Waals surface area contributed by atoms with Gasteiger partial charge < -0.3 is 10.1 Å². The lowest BCUT2D eigenvalue weighted by atomic mass is 9.98. The lowest BCUT2D eigenvalue weighted by Gasteiger charge is -2.32. The van der Waals surface area contributed by atoms with E-state index in [0.717, 1.165) is 25.0 Å². The van der Waals surface area contributed by atoms with Gasteiger partial charge in [-0.25, -0.2) is 0 Å². The number of carbonyl (C=O) groups excluding carboxylic acids is 1. The van der Waals surface area contributed by atoms with Gasteiger partial charge in [-0.2, -0.15) is 5.10 Å². The van der Waals surface area contributed by atoms with Gasteiger partial charge in [0.1, 0.15) is 6.10 Å². The van der Waals surface area contributed by atoms with E-state index in [-0.39, 0.29) is 18.1 Å². The van der Waals surface area contributed by atoms with Crippen LogP contribution in [-0.4, -0.2) is 52.9 Å². The van der Waals surface area contributed by atoms with Crippen molar-refractivity contribution in [1.29, 1.82) is 0 Å². The lowest BCUT2D eigenvalue weighted by molar-refractivity contribution is -0.125. The molecule has 6 nitrogen and oxygen atoms in total. The number of likely N-dealkylation sites (N-methyl/N-ethyl adjacent to an activating group) is 1. The van der Waals surface area contributed by atoms with E-state index >= 15 is 0 Å². The number of carbonyl (C=O) groups is 1. The smallest absolute Gasteiger partial charge is 0.234 e. The van der Waals surface area contributed by atoms with Crippen LogP contribution < -0.4 is 5.32 Å². The summed E-state index contributed by atoms with van der Waals surface area (Å²) in [5.41, 5.74) is 1.03. The highest BCUT2D eigenvalue weighted by molar-refractivity contribution is 5.78. The number of ether oxygens (including phenoxy) is 1. The molecule has 0 spiro atoms. The summed E-state index contributed by atoms with van der Waals surface area (Å²) in [5.74, 6) is 0.0515. The number of nitrogens with one attached hydrogen (secondary N) is 1. The fourth-order valence-corrected chi connectivity index (χ4v) is 2.51. The molecular formula is C15H26N4O2. The van der Waals surface area contributed by atoms with Gasteiger partial charge in [0, 0.05) is 31.5 Å². The van der Waals surface area contributed by atoms with Crippen LogP contribution in [0.5, 0.6) is 0 Å². The van der Waals surface area contributed by atoms with Crippen molar-refractivity contribution >= 4 is 5.91 Å². The normalized spacial score (nSPS) is 22.8. The Morgan fingerprint density at radius 3 is 3.00 bits per heavy atom. The third-order valence-electron chi connectivity index (χ3n) is 4.00. The molecule has 6 heteroatoms. The minimum absolute atomic E-state index is 0.0241. The zero-order valence-corrected chi connectivity index (χ0v) is 13.4. The van der Waals surface area contributed by atoms with E-state index in [1.807, 2.05) is 31.4 Å². The molecule has 1 aromatic rings. The molecule has 2 rings (SSSR count). The number of nitrogens with zero attached hydrogens (tertiary/aromatic N) is 3. The Balaban J connectivity index is 1.97. The van der Waals surface area contributed by atoms with E-state index in [4.69, 9.17) is 4.74 Å². The first-order chi connectivity index (χ1) is 9.97. The van der Waals surface area contributed by atoms with Gasteiger partial charge in [0.25, 0.3) is 0 Å². The fraction of sp³-hybridized carbons (Fsp3) is 0.733. The molecule has 21 heavy (non-hydrogen) atoms. The first-order valence-corrected chi connectivity index (χ1v) is 7.57. The summed E-state index contributed by atoms with van der Waals surface area (Å²) in [6, 6.07) is 0.378. The zero-order valence-electron chi connectivity index (χ0n) is 13.4. The van der Waals surface area contributed by atoms with Crippen LogP contribution in [0.3, 0.4) is 0 Å². The lowest BCUT2D eigenvalue weighted by Crippen LogP contribution is -2.47. The SMILES string of the molecule is CC(C)N(C)CC(=O)N[C@H]1CCCO[C@@H]1c1cnn(C)c1. The summed E-state index contributed by atoms with van der Waals surface area (Å²) in [5, 5.41) is 7.31. The largest absolute Gasteiger partial charge is 0.371 e. The Hall–Kier alpha value is -1.40. The summed E-state index contributed by atoms with van der Waals surface area (Å²) in [4.78, 5) is 14.2.